The van der Waals surface area contributed by atoms with Crippen molar-refractivity contribution in [3.8, 4) is 0 Å². The number of amides is 4. The third-order valence-corrected chi connectivity index (χ3v) is 5.33. The molecule has 3 aromatic rings. The molecular formula is C25H23N3O3. The molecular weight excluding hydrogens is 390 g/mol. The highest BCUT2D eigenvalue weighted by atomic mass is 16.2. The third kappa shape index (κ3) is 4.19. The zero-order valence-corrected chi connectivity index (χ0v) is 17.5. The number of nitrogens with one attached hydrogen (secondary N) is 1. The number of aryl methyl sites for hydroxylation is 2. The van der Waals surface area contributed by atoms with E-state index in [4.69, 9.17) is 0 Å². The lowest BCUT2D eigenvalue weighted by molar-refractivity contribution is -0.122. The van der Waals surface area contributed by atoms with Crippen LogP contribution < -0.4 is 10.2 Å². The number of anilines is 1. The minimum atomic E-state index is -0.744. The van der Waals surface area contributed by atoms with Crippen LogP contribution in [0, 0.1) is 6.92 Å². The second-order valence-corrected chi connectivity index (χ2v) is 7.52. The lowest BCUT2D eigenvalue weighted by Gasteiger charge is -2.26. The summed E-state index contributed by atoms with van der Waals surface area (Å²) in [6.07, 6.45) is 4.28. The minimum Gasteiger partial charge on any atom is -0.344 e. The summed E-state index contributed by atoms with van der Waals surface area (Å²) in [5.74, 6) is -1.33. The minimum absolute atomic E-state index is 0.0805. The van der Waals surface area contributed by atoms with Gasteiger partial charge in [-0.3, -0.25) is 14.9 Å². The maximum atomic E-state index is 13.1. The van der Waals surface area contributed by atoms with Crippen LogP contribution in [0.15, 0.2) is 72.4 Å². The Morgan fingerprint density at radius 2 is 1.58 bits per heavy atom. The molecule has 0 spiro atoms. The van der Waals surface area contributed by atoms with Gasteiger partial charge in [0.15, 0.2) is 0 Å². The number of hydrogen-bond acceptors (Lipinski definition) is 3. The Hall–Kier alpha value is -3.93. The van der Waals surface area contributed by atoms with E-state index in [1.165, 1.54) is 11.6 Å². The molecule has 0 unspecified atom stereocenters. The van der Waals surface area contributed by atoms with E-state index in [0.29, 0.717) is 17.9 Å². The van der Waals surface area contributed by atoms with E-state index >= 15 is 0 Å². The maximum absolute atomic E-state index is 13.1. The number of carbonyl (C=O) groups is 3. The fourth-order valence-corrected chi connectivity index (χ4v) is 3.51. The Morgan fingerprint density at radius 1 is 0.903 bits per heavy atom. The molecule has 2 aromatic carbocycles. The van der Waals surface area contributed by atoms with Crippen LogP contribution in [-0.4, -0.2) is 22.4 Å². The summed E-state index contributed by atoms with van der Waals surface area (Å²) in [5.41, 5.74) is 4.42. The van der Waals surface area contributed by atoms with Crippen molar-refractivity contribution in [3.05, 3.63) is 94.8 Å². The van der Waals surface area contributed by atoms with Crippen molar-refractivity contribution in [3.63, 3.8) is 0 Å². The number of carbonyl (C=O) groups excluding carboxylic acids is 3. The molecule has 0 aliphatic carbocycles. The lowest BCUT2D eigenvalue weighted by Crippen LogP contribution is -2.54. The predicted molar refractivity (Wildman–Crippen MR) is 120 cm³/mol. The molecule has 1 aliphatic rings. The van der Waals surface area contributed by atoms with Crippen molar-refractivity contribution >= 4 is 29.6 Å². The summed E-state index contributed by atoms with van der Waals surface area (Å²) in [6, 6.07) is 18.3. The van der Waals surface area contributed by atoms with Gasteiger partial charge in [-0.1, -0.05) is 48.9 Å². The van der Waals surface area contributed by atoms with Crippen molar-refractivity contribution in [2.24, 2.45) is 0 Å². The van der Waals surface area contributed by atoms with Crippen molar-refractivity contribution in [2.45, 2.75) is 26.8 Å². The van der Waals surface area contributed by atoms with Gasteiger partial charge in [0, 0.05) is 18.4 Å². The molecule has 0 bridgehead atoms. The van der Waals surface area contributed by atoms with E-state index in [1.807, 2.05) is 73.1 Å². The van der Waals surface area contributed by atoms with E-state index in [-0.39, 0.29) is 5.57 Å². The molecule has 4 rings (SSSR count). The molecule has 2 heterocycles. The van der Waals surface area contributed by atoms with Gasteiger partial charge in [-0.05, 0) is 54.8 Å². The van der Waals surface area contributed by atoms with Gasteiger partial charge in [0.25, 0.3) is 11.8 Å². The SMILES string of the molecule is CCc1ccc(N2C(=O)NC(=O)/C(=C\c3cccn3Cc3ccc(C)cc3)C2=O)cc1. The topological polar surface area (TPSA) is 71.4 Å². The van der Waals surface area contributed by atoms with Crippen molar-refractivity contribution < 1.29 is 14.4 Å². The molecule has 1 saturated heterocycles. The Morgan fingerprint density at radius 3 is 2.26 bits per heavy atom. The molecule has 0 atom stereocenters. The van der Waals surface area contributed by atoms with Crippen molar-refractivity contribution in [2.75, 3.05) is 4.90 Å². The average molecular weight is 413 g/mol. The molecule has 31 heavy (non-hydrogen) atoms. The summed E-state index contributed by atoms with van der Waals surface area (Å²) >= 11 is 0. The summed E-state index contributed by atoms with van der Waals surface area (Å²) in [4.78, 5) is 39.0. The number of hydrogen-bond donors (Lipinski definition) is 1. The number of benzene rings is 2. The van der Waals surface area contributed by atoms with E-state index in [9.17, 15) is 14.4 Å². The van der Waals surface area contributed by atoms with Crippen LogP contribution in [0.2, 0.25) is 0 Å². The fourth-order valence-electron chi connectivity index (χ4n) is 3.51. The number of rotatable bonds is 5. The van der Waals surface area contributed by atoms with Gasteiger partial charge in [0.05, 0.1) is 5.69 Å². The van der Waals surface area contributed by atoms with Gasteiger partial charge in [0.1, 0.15) is 5.57 Å². The lowest BCUT2D eigenvalue weighted by atomic mass is 10.1. The van der Waals surface area contributed by atoms with E-state index in [1.54, 1.807) is 12.1 Å². The first-order valence-electron chi connectivity index (χ1n) is 10.2. The van der Waals surface area contributed by atoms with Crippen LogP contribution >= 0.6 is 0 Å². The third-order valence-electron chi connectivity index (χ3n) is 5.33. The van der Waals surface area contributed by atoms with E-state index in [0.717, 1.165) is 22.4 Å². The second kappa shape index (κ2) is 8.44. The molecule has 1 aliphatic heterocycles. The standard InChI is InChI=1S/C25H23N3O3/c1-3-18-10-12-20(13-11-18)28-24(30)22(23(29)26-25(28)31)15-21-5-4-14-27(21)16-19-8-6-17(2)7-9-19/h4-15H,3,16H2,1-2H3,(H,26,29,31)/b22-15+. The first-order valence-corrected chi connectivity index (χ1v) is 10.2. The summed E-state index contributed by atoms with van der Waals surface area (Å²) in [5, 5.41) is 2.27. The molecule has 4 amide bonds. The molecule has 6 nitrogen and oxygen atoms in total. The highest BCUT2D eigenvalue weighted by Crippen LogP contribution is 2.23. The molecule has 0 saturated carbocycles. The van der Waals surface area contributed by atoms with E-state index < -0.39 is 17.8 Å². The smallest absolute Gasteiger partial charge is 0.335 e. The van der Waals surface area contributed by atoms with Gasteiger partial charge in [-0.15, -0.1) is 0 Å². The van der Waals surface area contributed by atoms with Crippen molar-refractivity contribution in [1.82, 2.24) is 9.88 Å². The number of imide groups is 2. The molecule has 6 heteroatoms. The van der Waals surface area contributed by atoms with Crippen molar-refractivity contribution in [1.29, 1.82) is 0 Å². The van der Waals surface area contributed by atoms with Crippen LogP contribution in [0.4, 0.5) is 10.5 Å². The van der Waals surface area contributed by atoms with E-state index in [2.05, 4.69) is 5.32 Å². The Balaban J connectivity index is 1.64. The van der Waals surface area contributed by atoms with Crippen LogP contribution in [-0.2, 0) is 22.6 Å². The van der Waals surface area contributed by atoms with Gasteiger partial charge in [-0.2, -0.15) is 0 Å². The van der Waals surface area contributed by atoms with Gasteiger partial charge >= 0.3 is 6.03 Å². The normalized spacial score (nSPS) is 15.5. The largest absolute Gasteiger partial charge is 0.344 e. The van der Waals surface area contributed by atoms with Crippen LogP contribution in [0.3, 0.4) is 0 Å². The summed E-state index contributed by atoms with van der Waals surface area (Å²) in [7, 11) is 0. The van der Waals surface area contributed by atoms with Crippen LogP contribution in [0.25, 0.3) is 6.08 Å². The van der Waals surface area contributed by atoms with Gasteiger partial charge < -0.3 is 4.57 Å². The maximum Gasteiger partial charge on any atom is 0.335 e. The van der Waals surface area contributed by atoms with Gasteiger partial charge in [-0.25, -0.2) is 9.69 Å². The molecule has 1 aromatic heterocycles. The average Bonchev–Trinajstić information content (AvgIpc) is 3.19. The number of nitrogens with zero attached hydrogens (tertiary/aromatic N) is 2. The monoisotopic (exact) mass is 413 g/mol. The Bertz CT molecular complexity index is 1170. The highest BCUT2D eigenvalue weighted by Gasteiger charge is 2.36. The first-order chi connectivity index (χ1) is 15.0. The zero-order valence-electron chi connectivity index (χ0n) is 17.5. The Labute approximate surface area is 180 Å². The summed E-state index contributed by atoms with van der Waals surface area (Å²) in [6.45, 7) is 4.66. The fraction of sp³-hybridized carbons (Fsp3) is 0.160. The number of barbiturate groups is 1. The first kappa shape index (κ1) is 20.3. The Kier molecular flexibility index (Phi) is 5.54. The molecule has 0 radical (unpaired) electrons. The quantitative estimate of drug-likeness (QED) is 0.506. The number of aromatic nitrogens is 1. The van der Waals surface area contributed by atoms with Crippen LogP contribution in [0.1, 0.15) is 29.3 Å². The molecule has 156 valence electrons. The second-order valence-electron chi connectivity index (χ2n) is 7.52. The van der Waals surface area contributed by atoms with Gasteiger partial charge in [0.2, 0.25) is 0 Å². The summed E-state index contributed by atoms with van der Waals surface area (Å²) < 4.78 is 1.95. The number of urea groups is 1. The molecule has 1 fully saturated rings. The van der Waals surface area contributed by atoms with Crippen LogP contribution in [0.5, 0.6) is 0 Å². The predicted octanol–water partition coefficient (Wildman–Crippen LogP) is 4.07. The highest BCUT2D eigenvalue weighted by molar-refractivity contribution is 6.39. The molecule has 1 N–H and O–H groups in total. The zero-order chi connectivity index (χ0) is 22.0.